The van der Waals surface area contributed by atoms with E-state index in [0.717, 1.165) is 0 Å². The van der Waals surface area contributed by atoms with Crippen LogP contribution in [0.4, 0.5) is 15.8 Å². The van der Waals surface area contributed by atoms with Gasteiger partial charge in [-0.05, 0) is 24.3 Å². The smallest absolute Gasteiger partial charge is 0.257 e. The molecule has 0 heterocycles. The number of nitrogen functional groups attached to an aromatic ring is 1. The molecule has 2 aromatic rings. The predicted octanol–water partition coefficient (Wildman–Crippen LogP) is 2.66. The maximum absolute atomic E-state index is 13.2. The van der Waals surface area contributed by atoms with Crippen LogP contribution in [0.5, 0.6) is 0 Å². The first kappa shape index (κ1) is 11.1. The summed E-state index contributed by atoms with van der Waals surface area (Å²) in [5, 5.41) is 2.64. The number of benzene rings is 2. The van der Waals surface area contributed by atoms with Crippen molar-refractivity contribution >= 4 is 17.3 Å². The standard InChI is InChI=1S/C13H11FN2O/c14-11-8-4-7-10(12(11)15)13(17)16-9-5-2-1-3-6-9/h1-8H,15H2,(H,16,17). The van der Waals surface area contributed by atoms with Crippen LogP contribution in [0.25, 0.3) is 0 Å². The first-order valence-electron chi connectivity index (χ1n) is 5.09. The Hall–Kier alpha value is -2.36. The summed E-state index contributed by atoms with van der Waals surface area (Å²) in [7, 11) is 0. The summed E-state index contributed by atoms with van der Waals surface area (Å²) in [5.41, 5.74) is 6.14. The van der Waals surface area contributed by atoms with Gasteiger partial charge in [0, 0.05) is 5.69 Å². The van der Waals surface area contributed by atoms with Crippen molar-refractivity contribution in [3.05, 3.63) is 59.9 Å². The number of halogens is 1. The fraction of sp³-hybridized carbons (Fsp3) is 0. The highest BCUT2D eigenvalue weighted by atomic mass is 19.1. The molecular formula is C13H11FN2O. The first-order valence-corrected chi connectivity index (χ1v) is 5.09. The van der Waals surface area contributed by atoms with Crippen LogP contribution in [0.15, 0.2) is 48.5 Å². The summed E-state index contributed by atoms with van der Waals surface area (Å²) in [4.78, 5) is 11.8. The number of carbonyl (C=O) groups is 1. The number of carbonyl (C=O) groups excluding carboxylic acids is 1. The lowest BCUT2D eigenvalue weighted by Gasteiger charge is -2.07. The van der Waals surface area contributed by atoms with Gasteiger partial charge in [-0.25, -0.2) is 4.39 Å². The first-order chi connectivity index (χ1) is 8.18. The largest absolute Gasteiger partial charge is 0.396 e. The Labute approximate surface area is 98.1 Å². The minimum absolute atomic E-state index is 0.133. The Bertz CT molecular complexity index is 540. The SMILES string of the molecule is Nc1c(F)cccc1C(=O)Nc1ccccc1. The van der Waals surface area contributed by atoms with Gasteiger partial charge in [0.05, 0.1) is 11.3 Å². The molecule has 4 heteroatoms. The highest BCUT2D eigenvalue weighted by molar-refractivity contribution is 6.07. The monoisotopic (exact) mass is 230 g/mol. The fourth-order valence-electron chi connectivity index (χ4n) is 1.45. The Kier molecular flexibility index (Phi) is 3.05. The van der Waals surface area contributed by atoms with Gasteiger partial charge in [0.25, 0.3) is 5.91 Å². The van der Waals surface area contributed by atoms with Crippen LogP contribution < -0.4 is 11.1 Å². The van der Waals surface area contributed by atoms with Crippen molar-refractivity contribution in [3.8, 4) is 0 Å². The van der Waals surface area contributed by atoms with E-state index in [4.69, 9.17) is 5.73 Å². The lowest BCUT2D eigenvalue weighted by Crippen LogP contribution is -2.14. The number of hydrogen-bond donors (Lipinski definition) is 2. The van der Waals surface area contributed by atoms with E-state index in [9.17, 15) is 9.18 Å². The third-order valence-corrected chi connectivity index (χ3v) is 2.33. The molecule has 0 saturated carbocycles. The van der Waals surface area contributed by atoms with Crippen LogP contribution in [-0.2, 0) is 0 Å². The second-order valence-electron chi connectivity index (χ2n) is 3.52. The van der Waals surface area contributed by atoms with E-state index in [1.807, 2.05) is 6.07 Å². The lowest BCUT2D eigenvalue weighted by molar-refractivity contribution is 0.102. The maximum atomic E-state index is 13.2. The number of anilines is 2. The van der Waals surface area contributed by atoms with Crippen LogP contribution in [0.1, 0.15) is 10.4 Å². The minimum Gasteiger partial charge on any atom is -0.396 e. The molecule has 0 fully saturated rings. The molecule has 0 saturated heterocycles. The Balaban J connectivity index is 2.24. The topological polar surface area (TPSA) is 55.1 Å². The quantitative estimate of drug-likeness (QED) is 0.779. The molecule has 2 aromatic carbocycles. The molecule has 2 rings (SSSR count). The molecule has 17 heavy (non-hydrogen) atoms. The number of hydrogen-bond acceptors (Lipinski definition) is 2. The van der Waals surface area contributed by atoms with Crippen LogP contribution >= 0.6 is 0 Å². The van der Waals surface area contributed by atoms with Crippen molar-refractivity contribution in [2.45, 2.75) is 0 Å². The van der Waals surface area contributed by atoms with Gasteiger partial charge in [0.15, 0.2) is 0 Å². The molecule has 86 valence electrons. The molecule has 0 aliphatic heterocycles. The van der Waals surface area contributed by atoms with E-state index in [-0.39, 0.29) is 11.3 Å². The highest BCUT2D eigenvalue weighted by Crippen LogP contribution is 2.17. The van der Waals surface area contributed by atoms with Gasteiger partial charge in [-0.2, -0.15) is 0 Å². The van der Waals surface area contributed by atoms with Gasteiger partial charge >= 0.3 is 0 Å². The molecule has 3 N–H and O–H groups in total. The molecule has 0 spiro atoms. The maximum Gasteiger partial charge on any atom is 0.257 e. The Morgan fingerprint density at radius 2 is 1.76 bits per heavy atom. The molecular weight excluding hydrogens is 219 g/mol. The summed E-state index contributed by atoms with van der Waals surface area (Å²) in [6, 6.07) is 13.1. The highest BCUT2D eigenvalue weighted by Gasteiger charge is 2.12. The third-order valence-electron chi connectivity index (χ3n) is 2.33. The van der Waals surface area contributed by atoms with Gasteiger partial charge in [-0.15, -0.1) is 0 Å². The molecule has 0 unspecified atom stereocenters. The van der Waals surface area contributed by atoms with Gasteiger partial charge in [-0.1, -0.05) is 24.3 Å². The van der Waals surface area contributed by atoms with Crippen LogP contribution in [0.2, 0.25) is 0 Å². The molecule has 0 radical (unpaired) electrons. The van der Waals surface area contributed by atoms with Crippen molar-refractivity contribution in [3.63, 3.8) is 0 Å². The zero-order chi connectivity index (χ0) is 12.3. The summed E-state index contributed by atoms with van der Waals surface area (Å²) < 4.78 is 13.2. The van der Waals surface area contributed by atoms with E-state index in [2.05, 4.69) is 5.32 Å². The molecule has 1 amide bonds. The van der Waals surface area contributed by atoms with Gasteiger partial charge in [0.2, 0.25) is 0 Å². The molecule has 0 aliphatic carbocycles. The van der Waals surface area contributed by atoms with E-state index < -0.39 is 11.7 Å². The number of amides is 1. The Morgan fingerprint density at radius 1 is 1.06 bits per heavy atom. The summed E-state index contributed by atoms with van der Waals surface area (Å²) in [5.74, 6) is -1.01. The number of rotatable bonds is 2. The third kappa shape index (κ3) is 2.42. The zero-order valence-electron chi connectivity index (χ0n) is 8.98. The van der Waals surface area contributed by atoms with Crippen molar-refractivity contribution < 1.29 is 9.18 Å². The van der Waals surface area contributed by atoms with Gasteiger partial charge in [0.1, 0.15) is 5.82 Å². The number of nitrogens with two attached hydrogens (primary N) is 1. The van der Waals surface area contributed by atoms with Crippen molar-refractivity contribution in [2.24, 2.45) is 0 Å². The van der Waals surface area contributed by atoms with Crippen molar-refractivity contribution in [1.82, 2.24) is 0 Å². The van der Waals surface area contributed by atoms with E-state index >= 15 is 0 Å². The van der Waals surface area contributed by atoms with E-state index in [1.165, 1.54) is 18.2 Å². The van der Waals surface area contributed by atoms with Crippen molar-refractivity contribution in [2.75, 3.05) is 11.1 Å². The van der Waals surface area contributed by atoms with E-state index in [0.29, 0.717) is 5.69 Å². The summed E-state index contributed by atoms with van der Waals surface area (Å²) >= 11 is 0. The normalized spacial score (nSPS) is 9.94. The van der Waals surface area contributed by atoms with Gasteiger partial charge in [-0.3, -0.25) is 4.79 Å². The molecule has 0 bridgehead atoms. The molecule has 3 nitrogen and oxygen atoms in total. The van der Waals surface area contributed by atoms with Crippen LogP contribution in [0, 0.1) is 5.82 Å². The average Bonchev–Trinajstić information content (AvgIpc) is 2.34. The summed E-state index contributed by atoms with van der Waals surface area (Å²) in [6.07, 6.45) is 0. The molecule has 0 aromatic heterocycles. The zero-order valence-corrected chi connectivity index (χ0v) is 8.98. The minimum atomic E-state index is -0.592. The predicted molar refractivity (Wildman–Crippen MR) is 65.2 cm³/mol. The molecule has 0 aliphatic rings. The Morgan fingerprint density at radius 3 is 2.47 bits per heavy atom. The van der Waals surface area contributed by atoms with E-state index in [1.54, 1.807) is 24.3 Å². The summed E-state index contributed by atoms with van der Waals surface area (Å²) in [6.45, 7) is 0. The van der Waals surface area contributed by atoms with Crippen molar-refractivity contribution in [1.29, 1.82) is 0 Å². The second-order valence-corrected chi connectivity index (χ2v) is 3.52. The molecule has 0 atom stereocenters. The van der Waals surface area contributed by atoms with Crippen LogP contribution in [0.3, 0.4) is 0 Å². The lowest BCUT2D eigenvalue weighted by atomic mass is 10.1. The fourth-order valence-corrected chi connectivity index (χ4v) is 1.45. The number of para-hydroxylation sites is 2. The number of nitrogens with one attached hydrogen (secondary N) is 1. The van der Waals surface area contributed by atoms with Crippen LogP contribution in [-0.4, -0.2) is 5.91 Å². The van der Waals surface area contributed by atoms with Gasteiger partial charge < -0.3 is 11.1 Å². The second kappa shape index (κ2) is 4.65. The average molecular weight is 230 g/mol.